The lowest BCUT2D eigenvalue weighted by Crippen LogP contribution is -2.25. The molecule has 0 bridgehead atoms. The molecule has 90 valence electrons. The molecule has 0 radical (unpaired) electrons. The van der Waals surface area contributed by atoms with E-state index in [1.165, 1.54) is 12.8 Å². The van der Waals surface area contributed by atoms with Crippen LogP contribution in [0.2, 0.25) is 5.02 Å². The average Bonchev–Trinajstić information content (AvgIpc) is 2.27. The minimum atomic E-state index is 0.602. The van der Waals surface area contributed by atoms with Crippen LogP contribution in [0.5, 0.6) is 0 Å². The molecule has 0 aliphatic rings. The van der Waals surface area contributed by atoms with Gasteiger partial charge < -0.3 is 5.32 Å². The van der Waals surface area contributed by atoms with Crippen LogP contribution in [0.4, 0.5) is 0 Å². The maximum Gasteiger partial charge on any atom is 0.115 e. The zero-order valence-electron chi connectivity index (χ0n) is 9.87. The number of nitrogens with zero attached hydrogens (tertiary/aromatic N) is 1. The van der Waals surface area contributed by atoms with E-state index in [1.807, 2.05) is 12.1 Å². The van der Waals surface area contributed by atoms with Gasteiger partial charge in [0.1, 0.15) is 5.03 Å². The van der Waals surface area contributed by atoms with Gasteiger partial charge in [-0.15, -0.1) is 11.8 Å². The SMILES string of the molecule is CCNC(C)CCCSc1ncccc1Cl. The van der Waals surface area contributed by atoms with E-state index in [9.17, 15) is 0 Å². The molecule has 0 aliphatic carbocycles. The third-order valence-electron chi connectivity index (χ3n) is 2.30. The normalized spacial score (nSPS) is 12.7. The van der Waals surface area contributed by atoms with Crippen molar-refractivity contribution < 1.29 is 0 Å². The fourth-order valence-corrected chi connectivity index (χ4v) is 2.62. The Kier molecular flexibility index (Phi) is 6.85. The standard InChI is InChI=1S/C12H19ClN2S/c1-3-14-10(2)6-5-9-16-12-11(13)7-4-8-15-12/h4,7-8,10,14H,3,5-6,9H2,1-2H3. The summed E-state index contributed by atoms with van der Waals surface area (Å²) in [5.41, 5.74) is 0. The molecule has 4 heteroatoms. The summed E-state index contributed by atoms with van der Waals surface area (Å²) >= 11 is 7.76. The first-order valence-corrected chi connectivity index (χ1v) is 7.07. The molecule has 0 saturated carbocycles. The van der Waals surface area contributed by atoms with Crippen molar-refractivity contribution in [2.75, 3.05) is 12.3 Å². The number of hydrogen-bond donors (Lipinski definition) is 1. The van der Waals surface area contributed by atoms with E-state index < -0.39 is 0 Å². The first-order chi connectivity index (χ1) is 7.74. The Morgan fingerprint density at radius 2 is 2.38 bits per heavy atom. The summed E-state index contributed by atoms with van der Waals surface area (Å²) < 4.78 is 0. The van der Waals surface area contributed by atoms with E-state index in [-0.39, 0.29) is 0 Å². The first-order valence-electron chi connectivity index (χ1n) is 5.70. The van der Waals surface area contributed by atoms with E-state index in [0.717, 1.165) is 22.3 Å². The molecule has 1 rings (SSSR count). The molecule has 0 spiro atoms. The van der Waals surface area contributed by atoms with Crippen molar-refractivity contribution in [1.82, 2.24) is 10.3 Å². The maximum absolute atomic E-state index is 6.02. The minimum absolute atomic E-state index is 0.602. The van der Waals surface area contributed by atoms with Gasteiger partial charge in [-0.25, -0.2) is 4.98 Å². The predicted octanol–water partition coefficient (Wildman–Crippen LogP) is 3.61. The molecule has 16 heavy (non-hydrogen) atoms. The van der Waals surface area contributed by atoms with Crippen molar-refractivity contribution in [2.24, 2.45) is 0 Å². The van der Waals surface area contributed by atoms with Crippen LogP contribution >= 0.6 is 23.4 Å². The molecule has 1 N–H and O–H groups in total. The Hall–Kier alpha value is -0.250. The predicted molar refractivity (Wildman–Crippen MR) is 72.3 cm³/mol. The van der Waals surface area contributed by atoms with Crippen molar-refractivity contribution in [3.8, 4) is 0 Å². The first kappa shape index (κ1) is 13.8. The summed E-state index contributed by atoms with van der Waals surface area (Å²) in [6, 6.07) is 4.35. The Bertz CT molecular complexity index is 307. The van der Waals surface area contributed by atoms with Gasteiger partial charge in [0.15, 0.2) is 0 Å². The molecule has 1 aromatic rings. The minimum Gasteiger partial charge on any atom is -0.315 e. The highest BCUT2D eigenvalue weighted by Crippen LogP contribution is 2.24. The second kappa shape index (κ2) is 7.93. The van der Waals surface area contributed by atoms with Crippen molar-refractivity contribution in [3.05, 3.63) is 23.4 Å². The van der Waals surface area contributed by atoms with Crippen LogP contribution in [0.15, 0.2) is 23.4 Å². The summed E-state index contributed by atoms with van der Waals surface area (Å²) in [6.07, 6.45) is 4.17. The number of aromatic nitrogens is 1. The molecule has 1 unspecified atom stereocenters. The molecule has 0 fully saturated rings. The Morgan fingerprint density at radius 1 is 1.56 bits per heavy atom. The second-order valence-electron chi connectivity index (χ2n) is 3.74. The average molecular weight is 259 g/mol. The van der Waals surface area contributed by atoms with Gasteiger partial charge >= 0.3 is 0 Å². The van der Waals surface area contributed by atoms with Crippen molar-refractivity contribution in [2.45, 2.75) is 37.8 Å². The molecule has 1 atom stereocenters. The Labute approximate surface area is 107 Å². The van der Waals surface area contributed by atoms with Crippen molar-refractivity contribution >= 4 is 23.4 Å². The van der Waals surface area contributed by atoms with Crippen LogP contribution in [0, 0.1) is 0 Å². The topological polar surface area (TPSA) is 24.9 Å². The summed E-state index contributed by atoms with van der Waals surface area (Å²) in [7, 11) is 0. The van der Waals surface area contributed by atoms with Gasteiger partial charge in [-0.3, -0.25) is 0 Å². The highest BCUT2D eigenvalue weighted by Gasteiger charge is 2.03. The number of thioether (sulfide) groups is 1. The molecule has 0 aromatic carbocycles. The molecule has 0 saturated heterocycles. The number of rotatable bonds is 7. The lowest BCUT2D eigenvalue weighted by molar-refractivity contribution is 0.526. The Balaban J connectivity index is 2.19. The summed E-state index contributed by atoms with van der Waals surface area (Å²) in [5, 5.41) is 5.11. The zero-order chi connectivity index (χ0) is 11.8. The molecule has 2 nitrogen and oxygen atoms in total. The fourth-order valence-electron chi connectivity index (χ4n) is 1.49. The van der Waals surface area contributed by atoms with E-state index in [4.69, 9.17) is 11.6 Å². The summed E-state index contributed by atoms with van der Waals surface area (Å²) in [6.45, 7) is 5.40. The van der Waals surface area contributed by atoms with Gasteiger partial charge in [-0.05, 0) is 44.2 Å². The lowest BCUT2D eigenvalue weighted by atomic mass is 10.2. The third kappa shape index (κ3) is 5.19. The smallest absolute Gasteiger partial charge is 0.115 e. The highest BCUT2D eigenvalue weighted by molar-refractivity contribution is 7.99. The summed E-state index contributed by atoms with van der Waals surface area (Å²) in [4.78, 5) is 4.25. The quantitative estimate of drug-likeness (QED) is 0.598. The van der Waals surface area contributed by atoms with Crippen LogP contribution in [-0.4, -0.2) is 23.3 Å². The molecule has 0 aliphatic heterocycles. The molecular weight excluding hydrogens is 240 g/mol. The molecule has 0 amide bonds. The van der Waals surface area contributed by atoms with Crippen LogP contribution in [-0.2, 0) is 0 Å². The van der Waals surface area contributed by atoms with Crippen LogP contribution < -0.4 is 5.32 Å². The Morgan fingerprint density at radius 3 is 3.06 bits per heavy atom. The van der Waals surface area contributed by atoms with Gasteiger partial charge in [0.2, 0.25) is 0 Å². The van der Waals surface area contributed by atoms with Gasteiger partial charge in [-0.1, -0.05) is 18.5 Å². The largest absolute Gasteiger partial charge is 0.315 e. The third-order valence-corrected chi connectivity index (χ3v) is 3.81. The van der Waals surface area contributed by atoms with E-state index in [0.29, 0.717) is 6.04 Å². The van der Waals surface area contributed by atoms with Crippen molar-refractivity contribution in [3.63, 3.8) is 0 Å². The van der Waals surface area contributed by atoms with Gasteiger partial charge in [0.05, 0.1) is 5.02 Å². The van der Waals surface area contributed by atoms with Crippen LogP contribution in [0.1, 0.15) is 26.7 Å². The lowest BCUT2D eigenvalue weighted by Gasteiger charge is -2.11. The zero-order valence-corrected chi connectivity index (χ0v) is 11.4. The highest BCUT2D eigenvalue weighted by atomic mass is 35.5. The number of hydrogen-bond acceptors (Lipinski definition) is 3. The van der Waals surface area contributed by atoms with Crippen LogP contribution in [0.25, 0.3) is 0 Å². The second-order valence-corrected chi connectivity index (χ2v) is 5.23. The van der Waals surface area contributed by atoms with Gasteiger partial charge in [-0.2, -0.15) is 0 Å². The fraction of sp³-hybridized carbons (Fsp3) is 0.583. The number of nitrogens with one attached hydrogen (secondary N) is 1. The van der Waals surface area contributed by atoms with Gasteiger partial charge in [0, 0.05) is 12.2 Å². The number of halogens is 1. The van der Waals surface area contributed by atoms with E-state index in [1.54, 1.807) is 18.0 Å². The van der Waals surface area contributed by atoms with E-state index in [2.05, 4.69) is 24.1 Å². The molecule has 1 aromatic heterocycles. The number of pyridine rings is 1. The van der Waals surface area contributed by atoms with E-state index >= 15 is 0 Å². The monoisotopic (exact) mass is 258 g/mol. The van der Waals surface area contributed by atoms with Gasteiger partial charge in [0.25, 0.3) is 0 Å². The van der Waals surface area contributed by atoms with Crippen molar-refractivity contribution in [1.29, 1.82) is 0 Å². The maximum atomic E-state index is 6.02. The van der Waals surface area contributed by atoms with Crippen LogP contribution in [0.3, 0.4) is 0 Å². The molecular formula is C12H19ClN2S. The molecule has 1 heterocycles. The summed E-state index contributed by atoms with van der Waals surface area (Å²) in [5.74, 6) is 1.08.